The topological polar surface area (TPSA) is 146 Å². The van der Waals surface area contributed by atoms with Crippen LogP contribution in [0.1, 0.15) is 132 Å². The van der Waals surface area contributed by atoms with E-state index in [0.29, 0.717) is 42.5 Å². The summed E-state index contributed by atoms with van der Waals surface area (Å²) in [5.41, 5.74) is 0. The van der Waals surface area contributed by atoms with Gasteiger partial charge < -0.3 is 29.2 Å². The van der Waals surface area contributed by atoms with Crippen LogP contribution in [0.2, 0.25) is 0 Å². The summed E-state index contributed by atoms with van der Waals surface area (Å²) < 4.78 is 19.6. The van der Waals surface area contributed by atoms with Crippen LogP contribution in [0, 0.1) is 47.3 Å². The van der Waals surface area contributed by atoms with E-state index in [2.05, 4.69) is 27.7 Å². The van der Waals surface area contributed by atoms with Gasteiger partial charge in [-0.15, -0.1) is 0 Å². The average molecular weight is 711 g/mol. The van der Waals surface area contributed by atoms with Crippen molar-refractivity contribution in [1.82, 2.24) is 0 Å². The summed E-state index contributed by atoms with van der Waals surface area (Å²) in [6.07, 6.45) is 16.3. The van der Waals surface area contributed by atoms with Crippen molar-refractivity contribution in [2.24, 2.45) is 47.3 Å². The Morgan fingerprint density at radius 2 is 1.20 bits per heavy atom. The number of aliphatic hydroxyl groups excluding tert-OH is 2. The molecule has 11 atom stereocenters. The SMILES string of the molecule is C=C1OC2CCCC2CC1C.COC(=O)C(C)CC1CCCC1=O.COC(=O)C(C)CC1CCCC1O.COC(=O)C(C)CC1CCCC1O.[HH]. The summed E-state index contributed by atoms with van der Waals surface area (Å²) in [7, 11) is 4.20. The van der Waals surface area contributed by atoms with Crippen LogP contribution in [0.15, 0.2) is 12.3 Å². The number of fused-ring (bicyclic) bond motifs is 1. The van der Waals surface area contributed by atoms with Gasteiger partial charge in [-0.05, 0) is 101 Å². The lowest BCUT2D eigenvalue weighted by Crippen LogP contribution is -2.27. The molecular weight excluding hydrogens is 640 g/mol. The summed E-state index contributed by atoms with van der Waals surface area (Å²) >= 11 is 0. The minimum absolute atomic E-state index is 0. The van der Waals surface area contributed by atoms with Crippen LogP contribution in [-0.2, 0) is 38.1 Å². The first-order valence-corrected chi connectivity index (χ1v) is 19.2. The van der Waals surface area contributed by atoms with Crippen molar-refractivity contribution in [3.8, 4) is 0 Å². The maximum Gasteiger partial charge on any atom is 0.308 e. The molecule has 10 nitrogen and oxygen atoms in total. The van der Waals surface area contributed by atoms with Gasteiger partial charge in [0.05, 0.1) is 57.1 Å². The molecular formula is C40H70O10. The number of ether oxygens (including phenoxy) is 4. The van der Waals surface area contributed by atoms with Crippen LogP contribution < -0.4 is 0 Å². The molecule has 0 radical (unpaired) electrons. The monoisotopic (exact) mass is 710 g/mol. The Labute approximate surface area is 302 Å². The van der Waals surface area contributed by atoms with Crippen molar-refractivity contribution >= 4 is 23.7 Å². The van der Waals surface area contributed by atoms with Gasteiger partial charge in [0, 0.05) is 19.7 Å². The molecule has 0 bridgehead atoms. The summed E-state index contributed by atoms with van der Waals surface area (Å²) in [6, 6.07) is 0. The fourth-order valence-electron chi connectivity index (χ4n) is 8.27. The van der Waals surface area contributed by atoms with E-state index >= 15 is 0 Å². The smallest absolute Gasteiger partial charge is 0.308 e. The minimum Gasteiger partial charge on any atom is -0.495 e. The lowest BCUT2D eigenvalue weighted by molar-refractivity contribution is -0.146. The Hall–Kier alpha value is -2.46. The molecule has 1 saturated heterocycles. The molecule has 1 aliphatic heterocycles. The molecule has 0 aromatic carbocycles. The zero-order valence-electron chi connectivity index (χ0n) is 32.0. The van der Waals surface area contributed by atoms with Crippen molar-refractivity contribution in [2.75, 3.05) is 21.3 Å². The van der Waals surface area contributed by atoms with Gasteiger partial charge in [0.15, 0.2) is 0 Å². The highest BCUT2D eigenvalue weighted by molar-refractivity contribution is 5.83. The molecule has 5 fully saturated rings. The third-order valence-electron chi connectivity index (χ3n) is 11.5. The largest absolute Gasteiger partial charge is 0.495 e. The van der Waals surface area contributed by atoms with Gasteiger partial charge in [-0.25, -0.2) is 0 Å². The number of carbonyl (C=O) groups excluding carboxylic acids is 4. The van der Waals surface area contributed by atoms with E-state index in [-0.39, 0.29) is 55.2 Å². The molecule has 50 heavy (non-hydrogen) atoms. The second-order valence-electron chi connectivity index (χ2n) is 15.5. The third-order valence-corrected chi connectivity index (χ3v) is 11.5. The maximum absolute atomic E-state index is 11.3. The second kappa shape index (κ2) is 22.5. The maximum atomic E-state index is 11.3. The fraction of sp³-hybridized carbons (Fsp3) is 0.850. The molecule has 5 rings (SSSR count). The zero-order valence-corrected chi connectivity index (χ0v) is 32.0. The van der Waals surface area contributed by atoms with Crippen molar-refractivity contribution in [1.29, 1.82) is 0 Å². The number of ketones is 1. The Morgan fingerprint density at radius 1 is 0.740 bits per heavy atom. The van der Waals surface area contributed by atoms with Crippen LogP contribution >= 0.6 is 0 Å². The number of esters is 3. The van der Waals surface area contributed by atoms with Crippen LogP contribution in [0.3, 0.4) is 0 Å². The number of carbonyl (C=O) groups is 4. The van der Waals surface area contributed by atoms with Crippen molar-refractivity contribution in [2.45, 2.75) is 149 Å². The minimum atomic E-state index is -0.209. The molecule has 0 amide bonds. The van der Waals surface area contributed by atoms with Crippen LogP contribution in [-0.4, -0.2) is 73.5 Å². The fourth-order valence-corrected chi connectivity index (χ4v) is 8.27. The first kappa shape index (κ1) is 43.7. The Morgan fingerprint density at radius 3 is 1.60 bits per heavy atom. The highest BCUT2D eigenvalue weighted by Gasteiger charge is 2.35. The van der Waals surface area contributed by atoms with E-state index in [9.17, 15) is 29.4 Å². The number of Topliss-reactive ketones (excluding diaryl/α,β-unsaturated/α-hetero) is 1. The number of hydrogen-bond donors (Lipinski definition) is 2. The van der Waals surface area contributed by atoms with E-state index in [1.807, 2.05) is 20.8 Å². The van der Waals surface area contributed by atoms with E-state index in [4.69, 9.17) is 4.74 Å². The summed E-state index contributed by atoms with van der Waals surface area (Å²) in [4.78, 5) is 44.5. The molecule has 0 aromatic heterocycles. The normalized spacial score (nSPS) is 31.5. The first-order valence-electron chi connectivity index (χ1n) is 19.2. The van der Waals surface area contributed by atoms with Crippen LogP contribution in [0.5, 0.6) is 0 Å². The molecule has 0 spiro atoms. The number of aliphatic hydroxyl groups is 2. The second-order valence-corrected chi connectivity index (χ2v) is 15.5. The molecule has 4 aliphatic carbocycles. The molecule has 5 aliphatic rings. The number of allylic oxidation sites excluding steroid dienone is 1. The number of rotatable bonds is 9. The van der Waals surface area contributed by atoms with Gasteiger partial charge in [-0.3, -0.25) is 19.2 Å². The van der Waals surface area contributed by atoms with Crippen molar-refractivity contribution < 1.29 is 49.8 Å². The van der Waals surface area contributed by atoms with Crippen LogP contribution in [0.4, 0.5) is 0 Å². The van der Waals surface area contributed by atoms with Gasteiger partial charge >= 0.3 is 17.9 Å². The predicted octanol–water partition coefficient (Wildman–Crippen LogP) is 7.22. The lowest BCUT2D eigenvalue weighted by Gasteiger charge is -2.32. The third kappa shape index (κ3) is 14.3. The highest BCUT2D eigenvalue weighted by atomic mass is 16.5. The molecule has 0 aromatic rings. The molecule has 4 saturated carbocycles. The summed E-state index contributed by atoms with van der Waals surface area (Å²) in [5.74, 6) is 2.63. The first-order chi connectivity index (χ1) is 23.7. The molecule has 1 heterocycles. The van der Waals surface area contributed by atoms with Crippen molar-refractivity contribution in [3.63, 3.8) is 0 Å². The van der Waals surface area contributed by atoms with E-state index in [1.165, 1.54) is 47.0 Å². The summed E-state index contributed by atoms with van der Waals surface area (Å²) in [6.45, 7) is 11.7. The molecule has 11 unspecified atom stereocenters. The van der Waals surface area contributed by atoms with Gasteiger partial charge in [0.1, 0.15) is 11.9 Å². The van der Waals surface area contributed by atoms with E-state index in [1.54, 1.807) is 0 Å². The number of hydrogen-bond acceptors (Lipinski definition) is 10. The van der Waals surface area contributed by atoms with Gasteiger partial charge in [0.2, 0.25) is 0 Å². The van der Waals surface area contributed by atoms with E-state index in [0.717, 1.165) is 75.9 Å². The predicted molar refractivity (Wildman–Crippen MR) is 194 cm³/mol. The lowest BCUT2D eigenvalue weighted by atomic mass is 9.89. The van der Waals surface area contributed by atoms with E-state index < -0.39 is 0 Å². The van der Waals surface area contributed by atoms with Crippen molar-refractivity contribution in [3.05, 3.63) is 12.3 Å². The van der Waals surface area contributed by atoms with Gasteiger partial charge in [0.25, 0.3) is 0 Å². The Kier molecular flexibility index (Phi) is 19.6. The van der Waals surface area contributed by atoms with Crippen LogP contribution in [0.25, 0.3) is 0 Å². The molecule has 2 N–H and O–H groups in total. The average Bonchev–Trinajstić information content (AvgIpc) is 3.92. The van der Waals surface area contributed by atoms with Gasteiger partial charge in [-0.2, -0.15) is 0 Å². The molecule has 290 valence electrons. The number of methoxy groups -OCH3 is 3. The van der Waals surface area contributed by atoms with Gasteiger partial charge in [-0.1, -0.05) is 47.1 Å². The molecule has 10 heteroatoms. The Bertz CT molecular complexity index is 1040. The quantitative estimate of drug-likeness (QED) is 0.186. The summed E-state index contributed by atoms with van der Waals surface area (Å²) in [5, 5.41) is 19.1. The standard InChI is InChI=1S/2C10H18O3.C10H16O3.C10H16O.H2/c3*1-7(10(12)13-2)6-8-4-3-5-9(8)11;1-7-6-9-4-3-5-10(9)11-8(7)2;/h2*7-9,11H,3-6H2,1-2H3;7-8H,3-6H2,1-2H3;7,9-10H,2-6H2,1H3;1H. The Balaban J connectivity index is 0.000000338. The zero-order chi connectivity index (χ0) is 37.4. The highest BCUT2D eigenvalue weighted by Crippen LogP contribution is 2.40.